The molecular weight excluding hydrogens is 805 g/mol. The fourth-order valence-electron chi connectivity index (χ4n) is 7.44. The lowest BCUT2D eigenvalue weighted by atomic mass is 9.98. The molecule has 3 aromatic rings. The van der Waals surface area contributed by atoms with Crippen LogP contribution in [0.15, 0.2) is 36.7 Å². The number of carbonyl (C=O) groups excluding carboxylic acids is 1. The molecule has 1 amide bonds. The molecule has 0 aliphatic carbocycles. The van der Waals surface area contributed by atoms with Crippen LogP contribution in [-0.4, -0.2) is 127 Å². The smallest absolute Gasteiger partial charge is 0.257 e. The van der Waals surface area contributed by atoms with Gasteiger partial charge in [-0.15, -0.1) is 0 Å². The number of aliphatic hydroxyl groups is 2. The van der Waals surface area contributed by atoms with E-state index in [1.165, 1.54) is 11.1 Å². The van der Waals surface area contributed by atoms with Gasteiger partial charge in [0.25, 0.3) is 5.91 Å². The summed E-state index contributed by atoms with van der Waals surface area (Å²) >= 11 is 0. The van der Waals surface area contributed by atoms with Crippen LogP contribution in [0.5, 0.6) is 11.5 Å². The monoisotopic (exact) mass is 871 g/mol. The van der Waals surface area contributed by atoms with Gasteiger partial charge in [-0.3, -0.25) is 14.8 Å². The van der Waals surface area contributed by atoms with Gasteiger partial charge in [0.15, 0.2) is 18.1 Å². The van der Waals surface area contributed by atoms with Gasteiger partial charge in [-0.1, -0.05) is 13.8 Å². The molecule has 8 N–H and O–H groups in total. The Morgan fingerprint density at radius 3 is 2.03 bits per heavy atom. The van der Waals surface area contributed by atoms with Crippen LogP contribution in [0.1, 0.15) is 93.2 Å². The number of amides is 1. The summed E-state index contributed by atoms with van der Waals surface area (Å²) in [4.78, 5) is 36.8. The van der Waals surface area contributed by atoms with E-state index in [1.54, 1.807) is 31.6 Å². The number of nitrogens with zero attached hydrogens (tertiary/aromatic N) is 4. The number of aromatic nitrogens is 5. The molecule has 2 aromatic heterocycles. The minimum absolute atomic E-state index is 0.0491. The number of rotatable bonds is 25. The van der Waals surface area contributed by atoms with Crippen LogP contribution in [0.3, 0.4) is 0 Å². The van der Waals surface area contributed by atoms with Crippen LogP contribution in [-0.2, 0) is 25.4 Å². The number of benzene rings is 1. The van der Waals surface area contributed by atoms with E-state index in [2.05, 4.69) is 36.3 Å². The summed E-state index contributed by atoms with van der Waals surface area (Å²) in [5.41, 5.74) is 23.8. The lowest BCUT2D eigenvalue weighted by molar-refractivity contribution is -0.123. The van der Waals surface area contributed by atoms with Crippen molar-refractivity contribution < 1.29 is 38.7 Å². The number of fused-ring (bicyclic) bond motifs is 7. The van der Waals surface area contributed by atoms with E-state index in [9.17, 15) is 15.0 Å². The zero-order valence-corrected chi connectivity index (χ0v) is 37.6. The third kappa shape index (κ3) is 13.5. The molecule has 0 saturated heterocycles. The number of aryl methyl sites for hydroxylation is 2. The lowest BCUT2D eigenvalue weighted by Gasteiger charge is -2.14. The van der Waals surface area contributed by atoms with Crippen LogP contribution < -0.4 is 26.3 Å². The molecular formula is C47H66N8O8. The highest BCUT2D eigenvalue weighted by Gasteiger charge is 2.22. The van der Waals surface area contributed by atoms with Crippen molar-refractivity contribution in [1.82, 2.24) is 30.2 Å². The van der Waals surface area contributed by atoms with Crippen LogP contribution in [0.25, 0.3) is 44.4 Å². The van der Waals surface area contributed by atoms with Crippen LogP contribution in [0.2, 0.25) is 0 Å². The summed E-state index contributed by atoms with van der Waals surface area (Å²) in [6.45, 7) is 11.1. The second kappa shape index (κ2) is 25.3. The van der Waals surface area contributed by atoms with E-state index in [-0.39, 0.29) is 50.7 Å². The molecule has 0 fully saturated rings. The highest BCUT2D eigenvalue weighted by Crippen LogP contribution is 2.38. The number of hydrogen-bond donors (Lipinski definition) is 6. The summed E-state index contributed by atoms with van der Waals surface area (Å²) < 4.78 is 28.6. The van der Waals surface area contributed by atoms with E-state index in [1.807, 2.05) is 13.8 Å². The molecule has 0 saturated carbocycles. The number of nitrogens with two attached hydrogens (primary N) is 2. The highest BCUT2D eigenvalue weighted by atomic mass is 16.6. The molecule has 342 valence electrons. The topological polar surface area (TPSA) is 235 Å². The van der Waals surface area contributed by atoms with Gasteiger partial charge in [-0.05, 0) is 104 Å². The number of methoxy groups -OCH3 is 1. The first-order valence-electron chi connectivity index (χ1n) is 22.0. The van der Waals surface area contributed by atoms with E-state index in [4.69, 9.17) is 55.1 Å². The molecule has 1 atom stereocenters. The number of ether oxygens (including phenoxy) is 5. The van der Waals surface area contributed by atoms with Crippen LogP contribution >= 0.6 is 0 Å². The van der Waals surface area contributed by atoms with Gasteiger partial charge in [0.05, 0.1) is 84.8 Å². The Morgan fingerprint density at radius 2 is 1.37 bits per heavy atom. The van der Waals surface area contributed by atoms with Crippen molar-refractivity contribution in [2.45, 2.75) is 78.7 Å². The third-order valence-corrected chi connectivity index (χ3v) is 11.0. The number of nitrogens with one attached hydrogen (secondary N) is 2. The molecule has 5 rings (SSSR count). The van der Waals surface area contributed by atoms with Crippen LogP contribution in [0, 0.1) is 6.92 Å². The predicted molar refractivity (Wildman–Crippen MR) is 247 cm³/mol. The van der Waals surface area contributed by atoms with Gasteiger partial charge < -0.3 is 55.7 Å². The van der Waals surface area contributed by atoms with E-state index in [0.29, 0.717) is 94.1 Å². The Balaban J connectivity index is 1.70. The molecule has 16 nitrogen and oxygen atoms in total. The lowest BCUT2D eigenvalue weighted by Crippen LogP contribution is -2.36. The molecule has 4 heterocycles. The predicted octanol–water partition coefficient (Wildman–Crippen LogP) is 5.24. The Labute approximate surface area is 370 Å². The molecule has 1 unspecified atom stereocenters. The zero-order chi connectivity index (χ0) is 45.1. The van der Waals surface area contributed by atoms with Crippen molar-refractivity contribution >= 4 is 50.3 Å². The summed E-state index contributed by atoms with van der Waals surface area (Å²) in [5.74, 6) is 0.288. The number of H-pyrrole nitrogens is 1. The number of allylic oxidation sites excluding steroid dienone is 4. The quantitative estimate of drug-likeness (QED) is 0.0599. The summed E-state index contributed by atoms with van der Waals surface area (Å²) in [6.07, 6.45) is 8.05. The second-order valence-corrected chi connectivity index (χ2v) is 15.3. The van der Waals surface area contributed by atoms with Gasteiger partial charge in [0, 0.05) is 57.1 Å². The zero-order valence-electron chi connectivity index (χ0n) is 37.6. The maximum Gasteiger partial charge on any atom is 0.257 e. The van der Waals surface area contributed by atoms with Gasteiger partial charge >= 0.3 is 0 Å². The van der Waals surface area contributed by atoms with Crippen molar-refractivity contribution in [1.29, 1.82) is 0 Å². The third-order valence-electron chi connectivity index (χ3n) is 11.0. The van der Waals surface area contributed by atoms with E-state index >= 15 is 0 Å². The molecule has 0 radical (unpaired) electrons. The van der Waals surface area contributed by atoms with Gasteiger partial charge in [-0.25, -0.2) is 9.97 Å². The summed E-state index contributed by atoms with van der Waals surface area (Å²) in [6, 6.07) is 7.39. The molecule has 0 spiro atoms. The van der Waals surface area contributed by atoms with E-state index in [0.717, 1.165) is 63.2 Å². The maximum absolute atomic E-state index is 12.9. The van der Waals surface area contributed by atoms with Crippen molar-refractivity contribution in [3.05, 3.63) is 70.6 Å². The van der Waals surface area contributed by atoms with Gasteiger partial charge in [0.1, 0.15) is 6.61 Å². The largest absolute Gasteiger partial charge is 0.487 e. The average molecular weight is 871 g/mol. The van der Waals surface area contributed by atoms with E-state index < -0.39 is 0 Å². The fourth-order valence-corrected chi connectivity index (χ4v) is 7.44. The second-order valence-electron chi connectivity index (χ2n) is 15.3. The first-order valence-corrected chi connectivity index (χ1v) is 22.0. The Hall–Kier alpha value is -5.07. The normalized spacial score (nSPS) is 13.1. The first-order chi connectivity index (χ1) is 30.6. The van der Waals surface area contributed by atoms with Gasteiger partial charge in [0.2, 0.25) is 0 Å². The minimum atomic E-state index is -0.335. The molecule has 63 heavy (non-hydrogen) atoms. The summed E-state index contributed by atoms with van der Waals surface area (Å²) in [7, 11) is 1.62. The molecule has 1 aromatic carbocycles. The SMILES string of the molecule is CCC1=C(CC)c2cc3[nH]c(cnc4cc(OCC(=O)NCCC(N)CN)c(OCCOCCOCCOC)cc4ncc4nc(cc1n2)C(CCCO)=C4C)c(C)c3CCCO. The minimum Gasteiger partial charge on any atom is -0.487 e. The first kappa shape index (κ1) is 49.0. The van der Waals surface area contributed by atoms with Crippen molar-refractivity contribution in [2.24, 2.45) is 11.5 Å². The Morgan fingerprint density at radius 1 is 0.762 bits per heavy atom. The Bertz CT molecular complexity index is 2280. The van der Waals surface area contributed by atoms with Crippen LogP contribution in [0.4, 0.5) is 0 Å². The molecule has 16 heteroatoms. The van der Waals surface area contributed by atoms with Crippen molar-refractivity contribution in [3.8, 4) is 11.5 Å². The van der Waals surface area contributed by atoms with Crippen molar-refractivity contribution in [2.75, 3.05) is 79.7 Å². The number of hydrogen-bond acceptors (Lipinski definition) is 14. The average Bonchev–Trinajstić information content (AvgIpc) is 3.89. The fraction of sp³-hybridized carbons (Fsp3) is 0.511. The molecule has 2 aliphatic rings. The number of aliphatic hydroxyl groups excluding tert-OH is 2. The summed E-state index contributed by atoms with van der Waals surface area (Å²) in [5, 5.41) is 22.5. The van der Waals surface area contributed by atoms with Gasteiger partial charge in [-0.2, -0.15) is 0 Å². The number of aromatic amines is 1. The number of carbonyl (C=O) groups is 1. The maximum atomic E-state index is 12.9. The Kier molecular flexibility index (Phi) is 19.6. The van der Waals surface area contributed by atoms with Crippen molar-refractivity contribution in [3.63, 3.8) is 0 Å². The molecule has 6 bridgehead atoms. The highest BCUT2D eigenvalue weighted by molar-refractivity contribution is 5.95. The molecule has 2 aliphatic heterocycles. The standard InChI is InChI=1S/C47H66N8O8/c1-6-33-34(7-2)38-23-40-36(11-9-15-57)31(4)44(55-40)28-52-42-25-46(63-29-47(58)50-13-12-32(49)26-48)45(62-21-20-61-19-18-60-17-16-59-5)24-41(42)51-27-43-30(3)35(10-8-14-56)39(54-43)22-37(33)53-38/h22-25,27-28,32,55-57H,6-21,26,29,48-49H2,1-5H3,(H,50,58).